The molecular weight excluding hydrogens is 322 g/mol. The van der Waals surface area contributed by atoms with Crippen molar-refractivity contribution in [1.29, 1.82) is 0 Å². The zero-order valence-electron chi connectivity index (χ0n) is 11.4. The molecule has 0 radical (unpaired) electrons. The van der Waals surface area contributed by atoms with Crippen LogP contribution in [0.25, 0.3) is 0 Å². The van der Waals surface area contributed by atoms with Crippen LogP contribution in [0.5, 0.6) is 0 Å². The average Bonchev–Trinajstić information content (AvgIpc) is 3.11. The zero-order chi connectivity index (χ0) is 14.3. The van der Waals surface area contributed by atoms with Gasteiger partial charge in [-0.15, -0.1) is 0 Å². The highest BCUT2D eigenvalue weighted by Crippen LogP contribution is 2.33. The van der Waals surface area contributed by atoms with E-state index in [1.165, 1.54) is 0 Å². The van der Waals surface area contributed by atoms with Crippen LogP contribution in [0.3, 0.4) is 0 Å². The maximum atomic E-state index is 12.7. The van der Waals surface area contributed by atoms with Crippen molar-refractivity contribution < 1.29 is 4.79 Å². The van der Waals surface area contributed by atoms with Crippen molar-refractivity contribution in [3.8, 4) is 0 Å². The summed E-state index contributed by atoms with van der Waals surface area (Å²) in [5.41, 5.74) is 2.41. The maximum absolute atomic E-state index is 12.7. The average molecular weight is 338 g/mol. The second-order valence-corrected chi connectivity index (χ2v) is 5.91. The predicted octanol–water partition coefficient (Wildman–Crippen LogP) is 2.19. The van der Waals surface area contributed by atoms with Crippen LogP contribution in [-0.4, -0.2) is 37.3 Å². The van der Waals surface area contributed by atoms with Gasteiger partial charge in [0.1, 0.15) is 0 Å². The molecule has 0 aromatic carbocycles. The van der Waals surface area contributed by atoms with E-state index in [9.17, 15) is 4.79 Å². The number of hydrogen-bond acceptors (Lipinski definition) is 3. The van der Waals surface area contributed by atoms with Crippen LogP contribution >= 0.6 is 15.9 Å². The Morgan fingerprint density at radius 1 is 1.55 bits per heavy atom. The minimum absolute atomic E-state index is 0.0346. The first kappa shape index (κ1) is 13.4. The Morgan fingerprint density at radius 3 is 2.95 bits per heavy atom. The molecule has 1 amide bonds. The van der Waals surface area contributed by atoms with Gasteiger partial charge in [-0.05, 0) is 35.7 Å². The first-order valence-corrected chi connectivity index (χ1v) is 7.37. The summed E-state index contributed by atoms with van der Waals surface area (Å²) in [6, 6.07) is 0.0973. The van der Waals surface area contributed by atoms with Crippen LogP contribution < -0.4 is 0 Å². The molecule has 3 heterocycles. The van der Waals surface area contributed by atoms with Crippen molar-refractivity contribution in [3.63, 3.8) is 0 Å². The third-order valence-corrected chi connectivity index (χ3v) is 4.67. The van der Waals surface area contributed by atoms with Crippen molar-refractivity contribution in [2.75, 3.05) is 6.54 Å². The van der Waals surface area contributed by atoms with E-state index in [2.05, 4.69) is 31.2 Å². The van der Waals surface area contributed by atoms with Crippen molar-refractivity contribution in [3.05, 3.63) is 33.8 Å². The van der Waals surface area contributed by atoms with Gasteiger partial charge in [-0.2, -0.15) is 10.2 Å². The second kappa shape index (κ2) is 5.05. The minimum Gasteiger partial charge on any atom is -0.330 e. The quantitative estimate of drug-likeness (QED) is 0.913. The Bertz CT molecular complexity index is 647. The molecule has 0 saturated carbocycles. The topological polar surface area (TPSA) is 66.8 Å². The lowest BCUT2D eigenvalue weighted by atomic mass is 10.1. The van der Waals surface area contributed by atoms with Crippen LogP contribution in [0.4, 0.5) is 0 Å². The summed E-state index contributed by atoms with van der Waals surface area (Å²) in [4.78, 5) is 14.5. The number of nitrogens with one attached hydrogen (secondary N) is 1. The summed E-state index contributed by atoms with van der Waals surface area (Å²) in [5, 5.41) is 11.1. The lowest BCUT2D eigenvalue weighted by molar-refractivity contribution is 0.0728. The fraction of sp³-hybridized carbons (Fsp3) is 0.462. The van der Waals surface area contributed by atoms with E-state index in [-0.39, 0.29) is 11.9 Å². The fourth-order valence-electron chi connectivity index (χ4n) is 2.66. The summed E-state index contributed by atoms with van der Waals surface area (Å²) in [7, 11) is 1.89. The number of aromatic amines is 1. The summed E-state index contributed by atoms with van der Waals surface area (Å²) >= 11 is 3.42. The normalized spacial score (nSPS) is 18.8. The highest BCUT2D eigenvalue weighted by Gasteiger charge is 2.33. The fourth-order valence-corrected chi connectivity index (χ4v) is 3.01. The smallest absolute Gasteiger partial charge is 0.276 e. The number of nitrogens with zero attached hydrogens (tertiary/aromatic N) is 4. The molecule has 2 aromatic heterocycles. The molecular formula is C13H16BrN5O. The number of amides is 1. The number of hydrogen-bond donors (Lipinski definition) is 1. The standard InChI is InChI=1S/C13H16BrN5O/c1-8-11(14)12(17-16-8)13(20)19-5-3-4-10(19)9-6-15-18(2)7-9/h6-7,10H,3-5H2,1-2H3,(H,16,17)/t10-/m0/s1. The molecule has 1 atom stereocenters. The number of halogens is 1. The number of carbonyl (C=O) groups is 1. The largest absolute Gasteiger partial charge is 0.330 e. The van der Waals surface area contributed by atoms with Gasteiger partial charge in [-0.25, -0.2) is 0 Å². The molecule has 20 heavy (non-hydrogen) atoms. The number of carbonyl (C=O) groups excluding carboxylic acids is 1. The molecule has 6 nitrogen and oxygen atoms in total. The number of aryl methyl sites for hydroxylation is 2. The molecule has 0 unspecified atom stereocenters. The Hall–Kier alpha value is -1.63. The molecule has 106 valence electrons. The summed E-state index contributed by atoms with van der Waals surface area (Å²) in [6.45, 7) is 2.65. The van der Waals surface area contributed by atoms with Gasteiger partial charge in [0.15, 0.2) is 5.69 Å². The molecule has 1 fully saturated rings. The molecule has 7 heteroatoms. The van der Waals surface area contributed by atoms with E-state index >= 15 is 0 Å². The highest BCUT2D eigenvalue weighted by molar-refractivity contribution is 9.10. The lowest BCUT2D eigenvalue weighted by Crippen LogP contribution is -2.31. The van der Waals surface area contributed by atoms with Crippen LogP contribution in [0.1, 0.15) is 40.6 Å². The van der Waals surface area contributed by atoms with Gasteiger partial charge in [0.05, 0.1) is 16.7 Å². The number of aromatic nitrogens is 4. The minimum atomic E-state index is -0.0346. The van der Waals surface area contributed by atoms with Crippen LogP contribution in [0.15, 0.2) is 16.9 Å². The van der Waals surface area contributed by atoms with E-state index in [1.807, 2.05) is 31.3 Å². The molecule has 1 saturated heterocycles. The molecule has 0 bridgehead atoms. The Kier molecular flexibility index (Phi) is 3.37. The Labute approximate surface area is 125 Å². The van der Waals surface area contributed by atoms with Crippen molar-refractivity contribution in [2.24, 2.45) is 7.05 Å². The van der Waals surface area contributed by atoms with Crippen molar-refractivity contribution in [1.82, 2.24) is 24.9 Å². The van der Waals surface area contributed by atoms with Crippen LogP contribution in [0.2, 0.25) is 0 Å². The molecule has 2 aromatic rings. The van der Waals surface area contributed by atoms with Gasteiger partial charge in [-0.3, -0.25) is 14.6 Å². The molecule has 0 spiro atoms. The van der Waals surface area contributed by atoms with Gasteiger partial charge >= 0.3 is 0 Å². The molecule has 0 aliphatic carbocycles. The molecule has 1 N–H and O–H groups in total. The summed E-state index contributed by atoms with van der Waals surface area (Å²) < 4.78 is 2.52. The van der Waals surface area contributed by atoms with Gasteiger partial charge in [0.2, 0.25) is 0 Å². The van der Waals surface area contributed by atoms with Crippen molar-refractivity contribution in [2.45, 2.75) is 25.8 Å². The first-order valence-electron chi connectivity index (χ1n) is 6.58. The highest BCUT2D eigenvalue weighted by atomic mass is 79.9. The molecule has 1 aliphatic heterocycles. The monoisotopic (exact) mass is 337 g/mol. The lowest BCUT2D eigenvalue weighted by Gasteiger charge is -2.23. The van der Waals surface area contributed by atoms with Gasteiger partial charge < -0.3 is 4.90 Å². The molecule has 1 aliphatic rings. The van der Waals surface area contributed by atoms with E-state index in [1.54, 1.807) is 4.68 Å². The second-order valence-electron chi connectivity index (χ2n) is 5.12. The summed E-state index contributed by atoms with van der Waals surface area (Å²) in [6.07, 6.45) is 5.78. The summed E-state index contributed by atoms with van der Waals surface area (Å²) in [5.74, 6) is -0.0346. The van der Waals surface area contributed by atoms with Gasteiger partial charge in [0, 0.05) is 31.0 Å². The third-order valence-electron chi connectivity index (χ3n) is 3.70. The predicted molar refractivity (Wildman–Crippen MR) is 77.2 cm³/mol. The Morgan fingerprint density at radius 2 is 2.35 bits per heavy atom. The van der Waals surface area contributed by atoms with Gasteiger partial charge in [0.25, 0.3) is 5.91 Å². The van der Waals surface area contributed by atoms with E-state index in [0.717, 1.165) is 35.1 Å². The van der Waals surface area contributed by atoms with E-state index in [0.29, 0.717) is 5.69 Å². The maximum Gasteiger partial charge on any atom is 0.276 e. The van der Waals surface area contributed by atoms with Crippen LogP contribution in [-0.2, 0) is 7.05 Å². The SMILES string of the molecule is Cc1[nH]nc(C(=O)N2CCC[C@H]2c2cnn(C)c2)c1Br. The number of rotatable bonds is 2. The van der Waals surface area contributed by atoms with Gasteiger partial charge in [-0.1, -0.05) is 0 Å². The van der Waals surface area contributed by atoms with Crippen LogP contribution in [0, 0.1) is 6.92 Å². The van der Waals surface area contributed by atoms with E-state index < -0.39 is 0 Å². The molecule has 3 rings (SSSR count). The number of H-pyrrole nitrogens is 1. The van der Waals surface area contributed by atoms with Crippen molar-refractivity contribution >= 4 is 21.8 Å². The third kappa shape index (κ3) is 2.15. The van der Waals surface area contributed by atoms with E-state index in [4.69, 9.17) is 0 Å². The Balaban J connectivity index is 1.89. The number of likely N-dealkylation sites (tertiary alicyclic amines) is 1. The first-order chi connectivity index (χ1) is 9.58. The zero-order valence-corrected chi connectivity index (χ0v) is 13.0.